The molecule has 0 saturated heterocycles. The van der Waals surface area contributed by atoms with Gasteiger partial charge in [-0.1, -0.05) is 15.9 Å². The van der Waals surface area contributed by atoms with Gasteiger partial charge in [-0.3, -0.25) is 4.79 Å². The number of rotatable bonds is 3. The van der Waals surface area contributed by atoms with Gasteiger partial charge in [-0.15, -0.1) is 0 Å². The fourth-order valence-corrected chi connectivity index (χ4v) is 1.43. The largest absolute Gasteiger partial charge is 0.383 e. The Kier molecular flexibility index (Phi) is 3.51. The zero-order valence-electron chi connectivity index (χ0n) is 7.01. The summed E-state index contributed by atoms with van der Waals surface area (Å²) in [6.07, 6.45) is -2.19. The Morgan fingerprint density at radius 1 is 1.64 bits per heavy atom. The molecular weight excluding hydrogens is 258 g/mol. The summed E-state index contributed by atoms with van der Waals surface area (Å²) in [5.74, 6) is -0.299. The molecule has 0 saturated carbocycles. The van der Waals surface area contributed by atoms with Crippen molar-refractivity contribution in [3.05, 3.63) is 22.9 Å². The van der Waals surface area contributed by atoms with Crippen LogP contribution in [0.15, 0.2) is 6.07 Å². The van der Waals surface area contributed by atoms with Crippen LogP contribution in [0.3, 0.4) is 0 Å². The van der Waals surface area contributed by atoms with Crippen LogP contribution < -0.4 is 5.73 Å². The molecular formula is C8H7BrF2N2O. The minimum Gasteiger partial charge on any atom is -0.383 e. The number of nitrogen functional groups attached to an aromatic ring is 1. The average molecular weight is 265 g/mol. The molecule has 2 N–H and O–H groups in total. The van der Waals surface area contributed by atoms with Crippen LogP contribution in [0.25, 0.3) is 0 Å². The number of pyridine rings is 1. The van der Waals surface area contributed by atoms with Gasteiger partial charge in [0.1, 0.15) is 11.5 Å². The summed E-state index contributed by atoms with van der Waals surface area (Å²) < 4.78 is 24.7. The highest BCUT2D eigenvalue weighted by Gasteiger charge is 2.15. The summed E-state index contributed by atoms with van der Waals surface area (Å²) in [5.41, 5.74) is 5.41. The summed E-state index contributed by atoms with van der Waals surface area (Å²) in [7, 11) is 0. The number of anilines is 1. The molecule has 0 bridgehead atoms. The lowest BCUT2D eigenvalue weighted by molar-refractivity contribution is 0.111. The van der Waals surface area contributed by atoms with Gasteiger partial charge in [0.05, 0.1) is 5.56 Å². The van der Waals surface area contributed by atoms with Crippen molar-refractivity contribution < 1.29 is 13.6 Å². The first-order valence-corrected chi connectivity index (χ1v) is 4.81. The second kappa shape index (κ2) is 4.45. The SMILES string of the molecule is Nc1nc(C=O)c(CBr)cc1C(F)F. The van der Waals surface area contributed by atoms with E-state index >= 15 is 0 Å². The molecule has 1 aromatic heterocycles. The molecule has 0 fully saturated rings. The average Bonchev–Trinajstić information content (AvgIpc) is 2.16. The lowest BCUT2D eigenvalue weighted by Gasteiger charge is -2.07. The van der Waals surface area contributed by atoms with E-state index in [1.165, 1.54) is 6.07 Å². The first-order valence-electron chi connectivity index (χ1n) is 3.68. The Bertz CT molecular complexity index is 357. The molecule has 0 radical (unpaired) electrons. The van der Waals surface area contributed by atoms with Crippen molar-refractivity contribution in [2.24, 2.45) is 0 Å². The van der Waals surface area contributed by atoms with Crippen LogP contribution in [-0.4, -0.2) is 11.3 Å². The van der Waals surface area contributed by atoms with Crippen LogP contribution in [-0.2, 0) is 5.33 Å². The highest BCUT2D eigenvalue weighted by atomic mass is 79.9. The molecule has 1 heterocycles. The molecule has 1 rings (SSSR count). The molecule has 0 atom stereocenters. The van der Waals surface area contributed by atoms with Gasteiger partial charge in [0, 0.05) is 5.33 Å². The van der Waals surface area contributed by atoms with Gasteiger partial charge < -0.3 is 5.73 Å². The van der Waals surface area contributed by atoms with Gasteiger partial charge in [0.2, 0.25) is 0 Å². The molecule has 0 aromatic carbocycles. The van der Waals surface area contributed by atoms with E-state index in [1.54, 1.807) is 0 Å². The standard InChI is InChI=1S/C8H7BrF2N2O/c9-2-4-1-5(7(10)11)8(12)13-6(4)3-14/h1,3,7H,2H2,(H2,12,13). The fraction of sp³-hybridized carbons (Fsp3) is 0.250. The van der Waals surface area contributed by atoms with Crippen LogP contribution in [0.4, 0.5) is 14.6 Å². The molecule has 6 heteroatoms. The van der Waals surface area contributed by atoms with Gasteiger partial charge >= 0.3 is 0 Å². The maximum absolute atomic E-state index is 12.4. The Labute approximate surface area is 87.4 Å². The molecule has 3 nitrogen and oxygen atoms in total. The van der Waals surface area contributed by atoms with E-state index in [0.717, 1.165) is 0 Å². The Balaban J connectivity index is 3.30. The van der Waals surface area contributed by atoms with E-state index in [0.29, 0.717) is 11.8 Å². The molecule has 0 amide bonds. The number of hydrogen-bond donors (Lipinski definition) is 1. The maximum Gasteiger partial charge on any atom is 0.267 e. The van der Waals surface area contributed by atoms with Gasteiger partial charge in [-0.05, 0) is 11.6 Å². The minimum absolute atomic E-state index is 0.0868. The number of carbonyl (C=O) groups excluding carboxylic acids is 1. The normalized spacial score (nSPS) is 10.6. The molecule has 0 aliphatic carbocycles. The topological polar surface area (TPSA) is 56.0 Å². The number of halogens is 3. The lowest BCUT2D eigenvalue weighted by Crippen LogP contribution is -2.04. The monoisotopic (exact) mass is 264 g/mol. The number of hydrogen-bond acceptors (Lipinski definition) is 3. The summed E-state index contributed by atoms with van der Waals surface area (Å²) in [6.45, 7) is 0. The number of aromatic nitrogens is 1. The molecule has 0 aliphatic rings. The number of aldehydes is 1. The van der Waals surface area contributed by atoms with Crippen molar-refractivity contribution in [3.8, 4) is 0 Å². The fourth-order valence-electron chi connectivity index (χ4n) is 0.986. The third kappa shape index (κ3) is 2.06. The molecule has 0 unspecified atom stereocenters. The Morgan fingerprint density at radius 3 is 2.71 bits per heavy atom. The summed E-state index contributed by atoms with van der Waals surface area (Å²) in [6, 6.07) is 1.19. The molecule has 0 aliphatic heterocycles. The van der Waals surface area contributed by atoms with E-state index in [4.69, 9.17) is 5.73 Å². The van der Waals surface area contributed by atoms with Gasteiger partial charge in [0.25, 0.3) is 6.43 Å². The third-order valence-electron chi connectivity index (χ3n) is 1.69. The van der Waals surface area contributed by atoms with Crippen molar-refractivity contribution in [2.75, 3.05) is 5.73 Å². The van der Waals surface area contributed by atoms with Gasteiger partial charge in [-0.2, -0.15) is 0 Å². The van der Waals surface area contributed by atoms with E-state index in [9.17, 15) is 13.6 Å². The van der Waals surface area contributed by atoms with Gasteiger partial charge in [0.15, 0.2) is 6.29 Å². The van der Waals surface area contributed by atoms with Crippen molar-refractivity contribution in [1.82, 2.24) is 4.98 Å². The molecule has 0 spiro atoms. The zero-order chi connectivity index (χ0) is 10.7. The number of alkyl halides is 3. The molecule has 76 valence electrons. The summed E-state index contributed by atoms with van der Waals surface area (Å²) >= 11 is 3.07. The van der Waals surface area contributed by atoms with Crippen molar-refractivity contribution in [3.63, 3.8) is 0 Å². The lowest BCUT2D eigenvalue weighted by atomic mass is 10.1. The zero-order valence-corrected chi connectivity index (χ0v) is 8.59. The highest BCUT2D eigenvalue weighted by molar-refractivity contribution is 9.08. The quantitative estimate of drug-likeness (QED) is 0.674. The van der Waals surface area contributed by atoms with Crippen LogP contribution in [0.5, 0.6) is 0 Å². The Morgan fingerprint density at radius 2 is 2.29 bits per heavy atom. The van der Waals surface area contributed by atoms with Gasteiger partial charge in [-0.25, -0.2) is 13.8 Å². The van der Waals surface area contributed by atoms with Crippen molar-refractivity contribution in [1.29, 1.82) is 0 Å². The van der Waals surface area contributed by atoms with E-state index in [2.05, 4.69) is 20.9 Å². The third-order valence-corrected chi connectivity index (χ3v) is 2.29. The van der Waals surface area contributed by atoms with Crippen LogP contribution in [0, 0.1) is 0 Å². The maximum atomic E-state index is 12.4. The van der Waals surface area contributed by atoms with Crippen LogP contribution >= 0.6 is 15.9 Å². The highest BCUT2D eigenvalue weighted by Crippen LogP contribution is 2.26. The predicted octanol–water partition coefficient (Wildman–Crippen LogP) is 2.31. The first-order chi connectivity index (χ1) is 6.60. The second-order valence-corrected chi connectivity index (χ2v) is 3.12. The predicted molar refractivity (Wildman–Crippen MR) is 51.6 cm³/mol. The molecule has 14 heavy (non-hydrogen) atoms. The first kappa shape index (κ1) is 11.0. The van der Waals surface area contributed by atoms with E-state index < -0.39 is 6.43 Å². The van der Waals surface area contributed by atoms with Crippen LogP contribution in [0.2, 0.25) is 0 Å². The summed E-state index contributed by atoms with van der Waals surface area (Å²) in [5, 5.41) is 0.286. The smallest absolute Gasteiger partial charge is 0.267 e. The number of carbonyl (C=O) groups is 1. The van der Waals surface area contributed by atoms with E-state index in [1.807, 2.05) is 0 Å². The Hall–Kier alpha value is -1.04. The van der Waals surface area contributed by atoms with Crippen molar-refractivity contribution >= 4 is 28.0 Å². The molecule has 1 aromatic rings. The second-order valence-electron chi connectivity index (χ2n) is 2.56. The summed E-state index contributed by atoms with van der Waals surface area (Å²) in [4.78, 5) is 14.1. The number of nitrogens with two attached hydrogens (primary N) is 1. The van der Waals surface area contributed by atoms with Crippen molar-refractivity contribution in [2.45, 2.75) is 11.8 Å². The van der Waals surface area contributed by atoms with Crippen LogP contribution in [0.1, 0.15) is 28.0 Å². The van der Waals surface area contributed by atoms with E-state index in [-0.39, 0.29) is 22.4 Å². The minimum atomic E-state index is -2.68. The number of nitrogens with zero attached hydrogens (tertiary/aromatic N) is 1.